The van der Waals surface area contributed by atoms with E-state index in [9.17, 15) is 9.59 Å². The number of hydrazone groups is 1. The number of hydrogen-bond acceptors (Lipinski definition) is 5. The zero-order valence-corrected chi connectivity index (χ0v) is 16.3. The highest BCUT2D eigenvalue weighted by molar-refractivity contribution is 7.14. The first kappa shape index (κ1) is 18.4. The Morgan fingerprint density at radius 3 is 2.81 bits per heavy atom. The molecule has 2 aromatic heterocycles. The van der Waals surface area contributed by atoms with E-state index < -0.39 is 0 Å². The molecule has 0 bridgehead atoms. The molecular formula is C19H23N3O3S. The number of nitrogens with zero attached hydrogens (tertiary/aromatic N) is 1. The highest BCUT2D eigenvalue weighted by atomic mass is 32.1. The third-order valence-corrected chi connectivity index (χ3v) is 5.81. The number of aromatic nitrogens is 1. The molecule has 6 nitrogen and oxygen atoms in total. The maximum absolute atomic E-state index is 12.3. The molecule has 138 valence electrons. The smallest absolute Gasteiger partial charge is 0.340 e. The van der Waals surface area contributed by atoms with Crippen molar-refractivity contribution >= 4 is 28.9 Å². The number of aromatic amines is 1. The van der Waals surface area contributed by atoms with Crippen molar-refractivity contribution in [3.05, 3.63) is 43.9 Å². The predicted molar refractivity (Wildman–Crippen MR) is 102 cm³/mol. The Balaban J connectivity index is 1.76. The van der Waals surface area contributed by atoms with Gasteiger partial charge in [0.15, 0.2) is 0 Å². The fourth-order valence-corrected chi connectivity index (χ4v) is 4.45. The first-order valence-corrected chi connectivity index (χ1v) is 9.56. The van der Waals surface area contributed by atoms with Gasteiger partial charge in [0.1, 0.15) is 0 Å². The predicted octanol–water partition coefficient (Wildman–Crippen LogP) is 3.51. The molecule has 0 radical (unpaired) electrons. The maximum Gasteiger partial charge on any atom is 0.340 e. The van der Waals surface area contributed by atoms with Crippen LogP contribution in [0.3, 0.4) is 0 Å². The van der Waals surface area contributed by atoms with Crippen LogP contribution in [0.4, 0.5) is 0 Å². The SMILES string of the molecule is CCOC(=O)c1c(C)[nH]c(/C(C)=N/NC(=O)c2cc3c(s2)CCC3)c1C. The van der Waals surface area contributed by atoms with Crippen molar-refractivity contribution in [2.24, 2.45) is 5.10 Å². The summed E-state index contributed by atoms with van der Waals surface area (Å²) >= 11 is 1.55. The van der Waals surface area contributed by atoms with Gasteiger partial charge in [-0.1, -0.05) is 0 Å². The van der Waals surface area contributed by atoms with Crippen LogP contribution in [-0.2, 0) is 17.6 Å². The van der Waals surface area contributed by atoms with Gasteiger partial charge in [-0.3, -0.25) is 4.79 Å². The number of rotatable bonds is 5. The molecule has 1 amide bonds. The van der Waals surface area contributed by atoms with Gasteiger partial charge in [-0.15, -0.1) is 11.3 Å². The van der Waals surface area contributed by atoms with Crippen LogP contribution in [-0.4, -0.2) is 29.2 Å². The normalized spacial score (nSPS) is 13.6. The summed E-state index contributed by atoms with van der Waals surface area (Å²) in [5.41, 5.74) is 7.26. The monoisotopic (exact) mass is 373 g/mol. The molecule has 7 heteroatoms. The number of H-pyrrole nitrogens is 1. The Morgan fingerprint density at radius 1 is 1.35 bits per heavy atom. The number of ether oxygens (including phenoxy) is 1. The third-order valence-electron chi connectivity index (χ3n) is 4.57. The number of nitrogens with one attached hydrogen (secondary N) is 2. The molecule has 0 saturated heterocycles. The largest absolute Gasteiger partial charge is 0.462 e. The zero-order valence-electron chi connectivity index (χ0n) is 15.5. The summed E-state index contributed by atoms with van der Waals surface area (Å²) in [6.45, 7) is 7.56. The second kappa shape index (κ2) is 7.45. The molecule has 0 aliphatic heterocycles. The van der Waals surface area contributed by atoms with Crippen molar-refractivity contribution in [3.8, 4) is 0 Å². The summed E-state index contributed by atoms with van der Waals surface area (Å²) in [5.74, 6) is -0.551. The second-order valence-electron chi connectivity index (χ2n) is 6.40. The van der Waals surface area contributed by atoms with E-state index in [1.165, 1.54) is 16.9 Å². The minimum Gasteiger partial charge on any atom is -0.462 e. The number of esters is 1. The molecule has 2 N–H and O–H groups in total. The van der Waals surface area contributed by atoms with Crippen LogP contribution in [0.1, 0.15) is 67.7 Å². The Labute approximate surface area is 156 Å². The van der Waals surface area contributed by atoms with Gasteiger partial charge >= 0.3 is 5.97 Å². The number of hydrogen-bond donors (Lipinski definition) is 2. The van der Waals surface area contributed by atoms with Gasteiger partial charge in [-0.25, -0.2) is 10.2 Å². The van der Waals surface area contributed by atoms with E-state index in [0.717, 1.165) is 29.8 Å². The molecule has 0 aromatic carbocycles. The van der Waals surface area contributed by atoms with Crippen LogP contribution in [0.25, 0.3) is 0 Å². The topological polar surface area (TPSA) is 83.6 Å². The first-order valence-electron chi connectivity index (χ1n) is 8.75. The second-order valence-corrected chi connectivity index (χ2v) is 7.53. The van der Waals surface area contributed by atoms with Crippen molar-refractivity contribution < 1.29 is 14.3 Å². The molecule has 0 spiro atoms. The number of fused-ring (bicyclic) bond motifs is 1. The van der Waals surface area contributed by atoms with E-state index in [0.29, 0.717) is 22.8 Å². The van der Waals surface area contributed by atoms with Gasteiger partial charge < -0.3 is 9.72 Å². The maximum atomic E-state index is 12.3. The number of carbonyl (C=O) groups is 2. The number of thiophene rings is 1. The fourth-order valence-electron chi connectivity index (χ4n) is 3.31. The summed E-state index contributed by atoms with van der Waals surface area (Å²) < 4.78 is 5.10. The van der Waals surface area contributed by atoms with Gasteiger partial charge in [0.25, 0.3) is 5.91 Å². The molecule has 26 heavy (non-hydrogen) atoms. The molecule has 0 unspecified atom stereocenters. The van der Waals surface area contributed by atoms with E-state index in [-0.39, 0.29) is 11.9 Å². The third kappa shape index (κ3) is 3.44. The lowest BCUT2D eigenvalue weighted by molar-refractivity contribution is 0.0525. The van der Waals surface area contributed by atoms with Crippen molar-refractivity contribution in [1.82, 2.24) is 10.4 Å². The average molecular weight is 373 g/mol. The Kier molecular flexibility index (Phi) is 5.27. The Hall–Kier alpha value is -2.41. The van der Waals surface area contributed by atoms with E-state index in [1.807, 2.05) is 19.9 Å². The Bertz CT molecular complexity index is 871. The molecule has 0 saturated carbocycles. The molecule has 2 aromatic rings. The first-order chi connectivity index (χ1) is 12.4. The highest BCUT2D eigenvalue weighted by Crippen LogP contribution is 2.30. The Morgan fingerprint density at radius 2 is 2.12 bits per heavy atom. The van der Waals surface area contributed by atoms with Gasteiger partial charge in [0.05, 0.1) is 28.5 Å². The summed E-state index contributed by atoms with van der Waals surface area (Å²) in [7, 11) is 0. The van der Waals surface area contributed by atoms with E-state index >= 15 is 0 Å². The minimum atomic E-state index is -0.352. The number of aryl methyl sites for hydroxylation is 3. The van der Waals surface area contributed by atoms with Crippen LogP contribution < -0.4 is 5.43 Å². The van der Waals surface area contributed by atoms with Gasteiger partial charge in [-0.2, -0.15) is 5.10 Å². The van der Waals surface area contributed by atoms with Crippen LogP contribution in [0.15, 0.2) is 11.2 Å². The molecule has 1 aliphatic rings. The van der Waals surface area contributed by atoms with Crippen LogP contribution in [0.5, 0.6) is 0 Å². The molecule has 3 rings (SSSR count). The van der Waals surface area contributed by atoms with Gasteiger partial charge in [0.2, 0.25) is 0 Å². The lowest BCUT2D eigenvalue weighted by Gasteiger charge is -2.03. The molecular weight excluding hydrogens is 350 g/mol. The summed E-state index contributed by atoms with van der Waals surface area (Å²) in [6.07, 6.45) is 3.29. The highest BCUT2D eigenvalue weighted by Gasteiger charge is 2.21. The number of amides is 1. The summed E-state index contributed by atoms with van der Waals surface area (Å²) in [6, 6.07) is 1.97. The van der Waals surface area contributed by atoms with Crippen molar-refractivity contribution in [2.45, 2.75) is 47.0 Å². The standard InChI is InChI=1S/C19H23N3O3S/c1-5-25-19(24)16-10(2)17(20-11(16)3)12(4)21-22-18(23)15-9-13-7-6-8-14(13)26-15/h9,20H,5-8H2,1-4H3,(H,22,23)/b21-12+. The molecule has 0 fully saturated rings. The van der Waals surface area contributed by atoms with Crippen molar-refractivity contribution in [1.29, 1.82) is 0 Å². The summed E-state index contributed by atoms with van der Waals surface area (Å²) in [5, 5.41) is 4.21. The van der Waals surface area contributed by atoms with E-state index in [4.69, 9.17) is 4.74 Å². The molecule has 2 heterocycles. The lowest BCUT2D eigenvalue weighted by Crippen LogP contribution is -2.18. The lowest BCUT2D eigenvalue weighted by atomic mass is 10.1. The van der Waals surface area contributed by atoms with Crippen LogP contribution >= 0.6 is 11.3 Å². The van der Waals surface area contributed by atoms with Gasteiger partial charge in [-0.05, 0) is 64.2 Å². The van der Waals surface area contributed by atoms with Crippen molar-refractivity contribution in [2.75, 3.05) is 6.61 Å². The minimum absolute atomic E-state index is 0.199. The fraction of sp³-hybridized carbons (Fsp3) is 0.421. The zero-order chi connectivity index (χ0) is 18.8. The number of carbonyl (C=O) groups excluding carboxylic acids is 2. The van der Waals surface area contributed by atoms with E-state index in [1.54, 1.807) is 25.2 Å². The van der Waals surface area contributed by atoms with Crippen LogP contribution in [0, 0.1) is 13.8 Å². The van der Waals surface area contributed by atoms with E-state index in [2.05, 4.69) is 15.5 Å². The van der Waals surface area contributed by atoms with Gasteiger partial charge in [0, 0.05) is 10.6 Å². The molecule has 1 aliphatic carbocycles. The summed E-state index contributed by atoms with van der Waals surface area (Å²) in [4.78, 5) is 29.6. The van der Waals surface area contributed by atoms with Crippen molar-refractivity contribution in [3.63, 3.8) is 0 Å². The quantitative estimate of drug-likeness (QED) is 0.478. The molecule has 0 atom stereocenters. The average Bonchev–Trinajstić information content (AvgIpc) is 3.26. The van der Waals surface area contributed by atoms with Crippen LogP contribution in [0.2, 0.25) is 0 Å².